The zero-order chi connectivity index (χ0) is 16.0. The molecule has 0 aliphatic carbocycles. The summed E-state index contributed by atoms with van der Waals surface area (Å²) in [5, 5.41) is 1.80. The summed E-state index contributed by atoms with van der Waals surface area (Å²) in [6.45, 7) is 1.93. The second-order valence-electron chi connectivity index (χ2n) is 5.29. The molecule has 0 saturated carbocycles. The SMILES string of the molecule is Cc1cc(-c2[c]cc(-c3ccc4[nH]cnc4c3)c(F)c2F)cs1. The molecule has 1 N–H and O–H groups in total. The lowest BCUT2D eigenvalue weighted by molar-refractivity contribution is 0.513. The van der Waals surface area contributed by atoms with Crippen molar-refractivity contribution < 1.29 is 8.78 Å². The van der Waals surface area contributed by atoms with Gasteiger partial charge in [0.1, 0.15) is 0 Å². The number of benzene rings is 2. The van der Waals surface area contributed by atoms with Gasteiger partial charge < -0.3 is 4.98 Å². The molecular formula is C18H11F2N2S. The lowest BCUT2D eigenvalue weighted by Crippen LogP contribution is -1.93. The third kappa shape index (κ3) is 2.33. The van der Waals surface area contributed by atoms with Crippen molar-refractivity contribution in [1.82, 2.24) is 9.97 Å². The minimum absolute atomic E-state index is 0.163. The van der Waals surface area contributed by atoms with Crippen LogP contribution in [-0.2, 0) is 0 Å². The van der Waals surface area contributed by atoms with E-state index in [-0.39, 0.29) is 11.1 Å². The summed E-state index contributed by atoms with van der Waals surface area (Å²) in [7, 11) is 0. The molecular weight excluding hydrogens is 314 g/mol. The summed E-state index contributed by atoms with van der Waals surface area (Å²) in [6, 6.07) is 11.5. The van der Waals surface area contributed by atoms with E-state index in [4.69, 9.17) is 0 Å². The Bertz CT molecular complexity index is 1020. The fraction of sp³-hybridized carbons (Fsp3) is 0.0556. The molecule has 0 aliphatic heterocycles. The van der Waals surface area contributed by atoms with Crippen LogP contribution in [-0.4, -0.2) is 9.97 Å². The molecule has 0 aliphatic rings. The van der Waals surface area contributed by atoms with E-state index < -0.39 is 11.6 Å². The van der Waals surface area contributed by atoms with Gasteiger partial charge in [-0.1, -0.05) is 6.07 Å². The maximum Gasteiger partial charge on any atom is 0.167 e. The number of thiophene rings is 1. The first kappa shape index (κ1) is 14.1. The van der Waals surface area contributed by atoms with Gasteiger partial charge in [0.15, 0.2) is 11.6 Å². The Morgan fingerprint density at radius 1 is 1.13 bits per heavy atom. The molecule has 0 spiro atoms. The molecule has 0 bridgehead atoms. The molecule has 2 aromatic heterocycles. The lowest BCUT2D eigenvalue weighted by Gasteiger charge is -2.08. The van der Waals surface area contributed by atoms with E-state index in [2.05, 4.69) is 16.0 Å². The van der Waals surface area contributed by atoms with Crippen molar-refractivity contribution >= 4 is 22.4 Å². The van der Waals surface area contributed by atoms with E-state index in [1.165, 1.54) is 17.4 Å². The number of aryl methyl sites for hydroxylation is 1. The number of aromatic nitrogens is 2. The van der Waals surface area contributed by atoms with Gasteiger partial charge in [0.25, 0.3) is 0 Å². The van der Waals surface area contributed by atoms with E-state index >= 15 is 0 Å². The van der Waals surface area contributed by atoms with Crippen LogP contribution in [0.3, 0.4) is 0 Å². The fourth-order valence-electron chi connectivity index (χ4n) is 2.59. The van der Waals surface area contributed by atoms with E-state index in [1.807, 2.05) is 13.0 Å². The van der Waals surface area contributed by atoms with Crippen molar-refractivity contribution in [3.63, 3.8) is 0 Å². The monoisotopic (exact) mass is 325 g/mol. The molecule has 4 rings (SSSR count). The number of aromatic amines is 1. The maximum absolute atomic E-state index is 14.5. The normalized spacial score (nSPS) is 11.3. The van der Waals surface area contributed by atoms with E-state index in [0.717, 1.165) is 10.4 Å². The number of hydrogen-bond acceptors (Lipinski definition) is 2. The van der Waals surface area contributed by atoms with E-state index in [9.17, 15) is 8.78 Å². The molecule has 0 unspecified atom stereocenters. The van der Waals surface area contributed by atoms with Gasteiger partial charge in [0, 0.05) is 16.0 Å². The third-order valence-corrected chi connectivity index (χ3v) is 4.62. The predicted octanol–water partition coefficient (Wildman–Crippen LogP) is 5.35. The fourth-order valence-corrected chi connectivity index (χ4v) is 3.29. The Hall–Kier alpha value is -2.53. The van der Waals surface area contributed by atoms with E-state index in [1.54, 1.807) is 29.9 Å². The second kappa shape index (κ2) is 5.28. The standard InChI is InChI=1S/C18H11F2N2S/c1-10-6-12(8-23-10)14-4-3-13(17(19)18(14)20)11-2-5-15-16(7-11)22-9-21-15/h2-3,5-9H,1H3,(H,21,22). The predicted molar refractivity (Wildman–Crippen MR) is 88.3 cm³/mol. The smallest absolute Gasteiger partial charge is 0.167 e. The first-order valence-corrected chi connectivity index (χ1v) is 7.90. The van der Waals surface area contributed by atoms with Crippen LogP contribution in [0.15, 0.2) is 42.0 Å². The largest absolute Gasteiger partial charge is 0.345 e. The Morgan fingerprint density at radius 3 is 2.78 bits per heavy atom. The number of nitrogens with one attached hydrogen (secondary N) is 1. The highest BCUT2D eigenvalue weighted by molar-refractivity contribution is 7.10. The topological polar surface area (TPSA) is 28.7 Å². The van der Waals surface area contributed by atoms with Crippen LogP contribution in [0.25, 0.3) is 33.3 Å². The van der Waals surface area contributed by atoms with Gasteiger partial charge in [-0.2, -0.15) is 0 Å². The zero-order valence-corrected chi connectivity index (χ0v) is 13.0. The minimum Gasteiger partial charge on any atom is -0.345 e. The van der Waals surface area contributed by atoms with Crippen LogP contribution in [0.2, 0.25) is 0 Å². The summed E-state index contributed by atoms with van der Waals surface area (Å²) in [6.07, 6.45) is 1.57. The highest BCUT2D eigenvalue weighted by Crippen LogP contribution is 2.33. The first-order valence-electron chi connectivity index (χ1n) is 7.02. The van der Waals surface area contributed by atoms with Crippen LogP contribution >= 0.6 is 11.3 Å². The van der Waals surface area contributed by atoms with Gasteiger partial charge in [-0.3, -0.25) is 0 Å². The molecule has 5 heteroatoms. The Balaban J connectivity index is 1.85. The number of halogens is 2. The van der Waals surface area contributed by atoms with E-state index in [0.29, 0.717) is 16.6 Å². The van der Waals surface area contributed by atoms with Crippen molar-refractivity contribution in [2.24, 2.45) is 0 Å². The number of imidazole rings is 1. The first-order chi connectivity index (χ1) is 11.1. The quantitative estimate of drug-likeness (QED) is 0.529. The van der Waals surface area contributed by atoms with Gasteiger partial charge in [-0.25, -0.2) is 13.8 Å². The molecule has 2 aromatic carbocycles. The zero-order valence-electron chi connectivity index (χ0n) is 12.2. The molecule has 23 heavy (non-hydrogen) atoms. The molecule has 4 aromatic rings. The third-order valence-electron chi connectivity index (χ3n) is 3.76. The summed E-state index contributed by atoms with van der Waals surface area (Å²) in [5.74, 6) is -1.74. The van der Waals surface area contributed by atoms with Crippen LogP contribution in [0.5, 0.6) is 0 Å². The van der Waals surface area contributed by atoms with Crippen LogP contribution in [0.4, 0.5) is 8.78 Å². The van der Waals surface area contributed by atoms with Crippen LogP contribution in [0, 0.1) is 24.6 Å². The van der Waals surface area contributed by atoms with Crippen molar-refractivity contribution in [1.29, 1.82) is 0 Å². The molecule has 1 radical (unpaired) electrons. The number of nitrogens with zero attached hydrogens (tertiary/aromatic N) is 1. The number of fused-ring (bicyclic) bond motifs is 1. The van der Waals surface area contributed by atoms with Gasteiger partial charge in [-0.05, 0) is 53.8 Å². The molecule has 0 amide bonds. The Labute approximate surface area is 135 Å². The average Bonchev–Trinajstić information content (AvgIpc) is 3.18. The van der Waals surface area contributed by atoms with Crippen LogP contribution < -0.4 is 0 Å². The molecule has 113 valence electrons. The highest BCUT2D eigenvalue weighted by Gasteiger charge is 2.17. The maximum atomic E-state index is 14.5. The van der Waals surface area contributed by atoms with Crippen LogP contribution in [0.1, 0.15) is 4.88 Å². The van der Waals surface area contributed by atoms with Gasteiger partial charge in [0.2, 0.25) is 0 Å². The Kier molecular flexibility index (Phi) is 3.23. The molecule has 0 saturated heterocycles. The van der Waals surface area contributed by atoms with Gasteiger partial charge in [-0.15, -0.1) is 11.3 Å². The summed E-state index contributed by atoms with van der Waals surface area (Å²) < 4.78 is 29.0. The van der Waals surface area contributed by atoms with Gasteiger partial charge in [0.05, 0.1) is 17.4 Å². The number of hydrogen-bond donors (Lipinski definition) is 1. The lowest BCUT2D eigenvalue weighted by atomic mass is 9.99. The average molecular weight is 325 g/mol. The van der Waals surface area contributed by atoms with Gasteiger partial charge >= 0.3 is 0 Å². The summed E-state index contributed by atoms with van der Waals surface area (Å²) in [5.41, 5.74) is 3.13. The number of rotatable bonds is 2. The molecule has 2 nitrogen and oxygen atoms in total. The molecule has 0 atom stereocenters. The molecule has 2 heterocycles. The van der Waals surface area contributed by atoms with Crippen molar-refractivity contribution in [3.8, 4) is 22.3 Å². The summed E-state index contributed by atoms with van der Waals surface area (Å²) in [4.78, 5) is 8.16. The summed E-state index contributed by atoms with van der Waals surface area (Å²) >= 11 is 1.50. The molecule has 0 fully saturated rings. The second-order valence-corrected chi connectivity index (χ2v) is 6.40. The minimum atomic E-state index is -0.873. The van der Waals surface area contributed by atoms with Crippen molar-refractivity contribution in [2.75, 3.05) is 0 Å². The van der Waals surface area contributed by atoms with Crippen molar-refractivity contribution in [2.45, 2.75) is 6.92 Å². The Morgan fingerprint density at radius 2 is 2.00 bits per heavy atom. The highest BCUT2D eigenvalue weighted by atomic mass is 32.1. The van der Waals surface area contributed by atoms with Crippen molar-refractivity contribution in [3.05, 3.63) is 64.6 Å². The number of H-pyrrole nitrogens is 1.